The summed E-state index contributed by atoms with van der Waals surface area (Å²) in [6.45, 7) is 3.69. The molecule has 0 bridgehead atoms. The molecule has 1 aromatic rings. The molecule has 0 spiro atoms. The molecule has 1 aliphatic rings. The van der Waals surface area contributed by atoms with Crippen LogP contribution in [0.5, 0.6) is 0 Å². The average Bonchev–Trinajstić information content (AvgIpc) is 2.56. The number of likely N-dealkylation sites (tertiary alicyclic amines) is 1. The highest BCUT2D eigenvalue weighted by Gasteiger charge is 2.37. The van der Waals surface area contributed by atoms with Gasteiger partial charge in [-0.15, -0.1) is 0 Å². The van der Waals surface area contributed by atoms with Gasteiger partial charge in [-0.2, -0.15) is 0 Å². The lowest BCUT2D eigenvalue weighted by Gasteiger charge is -2.46. The van der Waals surface area contributed by atoms with Crippen LogP contribution in [0, 0.1) is 0 Å². The fourth-order valence-electron chi connectivity index (χ4n) is 3.52. The van der Waals surface area contributed by atoms with Crippen molar-refractivity contribution >= 4 is 6.09 Å². The number of benzene rings is 1. The Kier molecular flexibility index (Phi) is 6.02. The van der Waals surface area contributed by atoms with E-state index in [1.807, 2.05) is 0 Å². The molecule has 1 fully saturated rings. The second-order valence-electron chi connectivity index (χ2n) is 6.69. The SMILES string of the molecule is CN(CCCN1CCC(c2ccccc2)(N(C)C)CC1)C(=O)O. The highest BCUT2D eigenvalue weighted by Crippen LogP contribution is 2.37. The van der Waals surface area contributed by atoms with E-state index in [1.54, 1.807) is 7.05 Å². The minimum absolute atomic E-state index is 0.121. The van der Waals surface area contributed by atoms with Crippen LogP contribution in [0.15, 0.2) is 30.3 Å². The van der Waals surface area contributed by atoms with Gasteiger partial charge in [0.25, 0.3) is 0 Å². The van der Waals surface area contributed by atoms with Crippen molar-refractivity contribution in [3.63, 3.8) is 0 Å². The van der Waals surface area contributed by atoms with Gasteiger partial charge in [-0.25, -0.2) is 4.79 Å². The Bertz CT molecular complexity index is 496. The molecule has 1 amide bonds. The van der Waals surface area contributed by atoms with Gasteiger partial charge in [-0.3, -0.25) is 4.90 Å². The number of carboxylic acid groups (broad SMARTS) is 1. The second kappa shape index (κ2) is 7.79. The molecule has 1 aromatic carbocycles. The van der Waals surface area contributed by atoms with E-state index in [2.05, 4.69) is 54.2 Å². The summed E-state index contributed by atoms with van der Waals surface area (Å²) in [4.78, 5) is 17.0. The summed E-state index contributed by atoms with van der Waals surface area (Å²) in [5.41, 5.74) is 1.52. The number of carbonyl (C=O) groups is 1. The molecular formula is C18H29N3O2. The molecule has 1 aliphatic heterocycles. The summed E-state index contributed by atoms with van der Waals surface area (Å²) in [5, 5.41) is 8.88. The van der Waals surface area contributed by atoms with Crippen molar-refractivity contribution in [2.45, 2.75) is 24.8 Å². The fraction of sp³-hybridized carbons (Fsp3) is 0.611. The highest BCUT2D eigenvalue weighted by atomic mass is 16.4. The summed E-state index contributed by atoms with van der Waals surface area (Å²) in [7, 11) is 5.97. The number of hydrogen-bond acceptors (Lipinski definition) is 3. The van der Waals surface area contributed by atoms with Gasteiger partial charge in [0.05, 0.1) is 0 Å². The normalized spacial score (nSPS) is 18.1. The number of piperidine rings is 1. The fourth-order valence-corrected chi connectivity index (χ4v) is 3.52. The molecule has 5 nitrogen and oxygen atoms in total. The van der Waals surface area contributed by atoms with E-state index in [0.29, 0.717) is 6.54 Å². The van der Waals surface area contributed by atoms with E-state index in [9.17, 15) is 4.79 Å². The Morgan fingerprint density at radius 2 is 1.78 bits per heavy atom. The molecule has 0 atom stereocenters. The van der Waals surface area contributed by atoms with Gasteiger partial charge in [-0.1, -0.05) is 30.3 Å². The first-order chi connectivity index (χ1) is 11.0. The maximum atomic E-state index is 10.8. The van der Waals surface area contributed by atoms with Crippen LogP contribution in [-0.4, -0.2) is 73.2 Å². The third-order valence-electron chi connectivity index (χ3n) is 5.14. The van der Waals surface area contributed by atoms with Crippen LogP contribution < -0.4 is 0 Å². The Morgan fingerprint density at radius 3 is 2.30 bits per heavy atom. The Balaban J connectivity index is 1.89. The van der Waals surface area contributed by atoms with Gasteiger partial charge in [0, 0.05) is 32.2 Å². The summed E-state index contributed by atoms with van der Waals surface area (Å²) in [6.07, 6.45) is 2.26. The minimum atomic E-state index is -0.848. The second-order valence-corrected chi connectivity index (χ2v) is 6.69. The molecule has 23 heavy (non-hydrogen) atoms. The molecule has 5 heteroatoms. The van der Waals surface area contributed by atoms with Crippen LogP contribution in [0.1, 0.15) is 24.8 Å². The Labute approximate surface area is 139 Å². The van der Waals surface area contributed by atoms with Gasteiger partial charge in [-0.05, 0) is 45.5 Å². The molecule has 1 heterocycles. The van der Waals surface area contributed by atoms with Crippen LogP contribution in [0.3, 0.4) is 0 Å². The number of nitrogens with zero attached hydrogens (tertiary/aromatic N) is 3. The van der Waals surface area contributed by atoms with Crippen molar-refractivity contribution in [2.75, 3.05) is 47.3 Å². The van der Waals surface area contributed by atoms with Crippen LogP contribution in [0.2, 0.25) is 0 Å². The minimum Gasteiger partial charge on any atom is -0.465 e. The topological polar surface area (TPSA) is 47.0 Å². The third-order valence-corrected chi connectivity index (χ3v) is 5.14. The summed E-state index contributed by atoms with van der Waals surface area (Å²) < 4.78 is 0. The van der Waals surface area contributed by atoms with Gasteiger partial charge >= 0.3 is 6.09 Å². The zero-order chi connectivity index (χ0) is 16.9. The molecule has 0 aromatic heterocycles. The van der Waals surface area contributed by atoms with Crippen molar-refractivity contribution in [3.05, 3.63) is 35.9 Å². The lowest BCUT2D eigenvalue weighted by atomic mass is 9.80. The van der Waals surface area contributed by atoms with Crippen LogP contribution in [0.4, 0.5) is 4.79 Å². The monoisotopic (exact) mass is 319 g/mol. The summed E-state index contributed by atoms with van der Waals surface area (Å²) in [6, 6.07) is 10.8. The third kappa shape index (κ3) is 4.24. The first-order valence-electron chi connectivity index (χ1n) is 8.35. The quantitative estimate of drug-likeness (QED) is 0.875. The molecular weight excluding hydrogens is 290 g/mol. The van der Waals surface area contributed by atoms with E-state index in [0.717, 1.165) is 38.9 Å². The standard InChI is InChI=1S/C18H29N3O2/c1-19(2)18(16-8-5-4-6-9-16)10-14-21(15-11-18)13-7-12-20(3)17(22)23/h4-6,8-9H,7,10-15H2,1-3H3,(H,22,23). The van der Waals surface area contributed by atoms with Crippen LogP contribution in [-0.2, 0) is 5.54 Å². The molecule has 0 radical (unpaired) electrons. The zero-order valence-corrected chi connectivity index (χ0v) is 14.5. The molecule has 0 unspecified atom stereocenters. The van der Waals surface area contributed by atoms with Crippen LogP contribution in [0.25, 0.3) is 0 Å². The Hall–Kier alpha value is -1.59. The predicted octanol–water partition coefficient (Wildman–Crippen LogP) is 2.54. The van der Waals surface area contributed by atoms with Gasteiger partial charge < -0.3 is 14.9 Å². The van der Waals surface area contributed by atoms with E-state index in [1.165, 1.54) is 10.5 Å². The summed E-state index contributed by atoms with van der Waals surface area (Å²) >= 11 is 0. The van der Waals surface area contributed by atoms with Gasteiger partial charge in [0.15, 0.2) is 0 Å². The molecule has 0 saturated carbocycles. The van der Waals surface area contributed by atoms with Crippen LogP contribution >= 0.6 is 0 Å². The van der Waals surface area contributed by atoms with E-state index < -0.39 is 6.09 Å². The lowest BCUT2D eigenvalue weighted by molar-refractivity contribution is 0.0525. The molecule has 1 N–H and O–H groups in total. The number of rotatable bonds is 6. The lowest BCUT2D eigenvalue weighted by Crippen LogP contribution is -2.50. The molecule has 128 valence electrons. The maximum Gasteiger partial charge on any atom is 0.407 e. The molecule has 0 aliphatic carbocycles. The van der Waals surface area contributed by atoms with E-state index >= 15 is 0 Å². The smallest absolute Gasteiger partial charge is 0.407 e. The van der Waals surface area contributed by atoms with Crippen molar-refractivity contribution in [2.24, 2.45) is 0 Å². The van der Waals surface area contributed by atoms with Crippen molar-refractivity contribution in [1.29, 1.82) is 0 Å². The predicted molar refractivity (Wildman–Crippen MR) is 92.8 cm³/mol. The van der Waals surface area contributed by atoms with E-state index in [-0.39, 0.29) is 5.54 Å². The molecule has 1 saturated heterocycles. The average molecular weight is 319 g/mol. The molecule has 2 rings (SSSR count). The van der Waals surface area contributed by atoms with Gasteiger partial charge in [0.1, 0.15) is 0 Å². The van der Waals surface area contributed by atoms with E-state index in [4.69, 9.17) is 5.11 Å². The Morgan fingerprint density at radius 1 is 1.17 bits per heavy atom. The summed E-state index contributed by atoms with van der Waals surface area (Å²) in [5.74, 6) is 0. The first-order valence-corrected chi connectivity index (χ1v) is 8.35. The van der Waals surface area contributed by atoms with Crippen molar-refractivity contribution < 1.29 is 9.90 Å². The zero-order valence-electron chi connectivity index (χ0n) is 14.5. The maximum absolute atomic E-state index is 10.8. The number of amides is 1. The first kappa shape index (κ1) is 17.8. The number of hydrogen-bond donors (Lipinski definition) is 1. The van der Waals surface area contributed by atoms with Crippen molar-refractivity contribution in [1.82, 2.24) is 14.7 Å². The van der Waals surface area contributed by atoms with Gasteiger partial charge in [0.2, 0.25) is 0 Å². The largest absolute Gasteiger partial charge is 0.465 e. The van der Waals surface area contributed by atoms with Crippen molar-refractivity contribution in [3.8, 4) is 0 Å². The highest BCUT2D eigenvalue weighted by molar-refractivity contribution is 5.64.